The molecule has 1 fully saturated rings. The van der Waals surface area contributed by atoms with Gasteiger partial charge >= 0.3 is 0 Å². The van der Waals surface area contributed by atoms with Crippen LogP contribution in [0.1, 0.15) is 52.0 Å². The Morgan fingerprint density at radius 1 is 1.29 bits per heavy atom. The number of hydrogen-bond donors (Lipinski definition) is 1. The maximum Gasteiger partial charge on any atom is 0.0471 e. The number of anilines is 1. The van der Waals surface area contributed by atoms with Crippen LogP contribution in [0, 0.1) is 5.92 Å². The highest BCUT2D eigenvalue weighted by Crippen LogP contribution is 2.31. The fourth-order valence-corrected chi connectivity index (χ4v) is 3.43. The fraction of sp³-hybridized carbons (Fsp3) is 0.667. The van der Waals surface area contributed by atoms with Crippen LogP contribution < -0.4 is 10.2 Å². The van der Waals surface area contributed by atoms with Crippen LogP contribution in [-0.4, -0.2) is 19.1 Å². The van der Waals surface area contributed by atoms with Crippen LogP contribution in [0.4, 0.5) is 5.69 Å². The van der Waals surface area contributed by atoms with Gasteiger partial charge in [0.25, 0.3) is 0 Å². The lowest BCUT2D eigenvalue weighted by Crippen LogP contribution is -2.36. The van der Waals surface area contributed by atoms with Gasteiger partial charge in [0, 0.05) is 29.8 Å². The van der Waals surface area contributed by atoms with Crippen molar-refractivity contribution in [2.75, 3.05) is 18.0 Å². The Morgan fingerprint density at radius 2 is 2.00 bits per heavy atom. The van der Waals surface area contributed by atoms with Crippen LogP contribution in [0.25, 0.3) is 0 Å². The van der Waals surface area contributed by atoms with Gasteiger partial charge in [0.15, 0.2) is 0 Å². The summed E-state index contributed by atoms with van der Waals surface area (Å²) in [5, 5.41) is 4.23. The number of nitrogens with zero attached hydrogens (tertiary/aromatic N) is 1. The number of rotatable bonds is 7. The van der Waals surface area contributed by atoms with E-state index in [0.717, 1.165) is 24.7 Å². The zero-order valence-corrected chi connectivity index (χ0v) is 14.4. The van der Waals surface area contributed by atoms with Gasteiger partial charge in [0.2, 0.25) is 0 Å². The summed E-state index contributed by atoms with van der Waals surface area (Å²) in [6.07, 6.45) is 5.38. The van der Waals surface area contributed by atoms with E-state index < -0.39 is 0 Å². The summed E-state index contributed by atoms with van der Waals surface area (Å²) in [4.78, 5) is 2.58. The molecule has 1 aliphatic carbocycles. The highest BCUT2D eigenvalue weighted by atomic mass is 35.5. The highest BCUT2D eigenvalue weighted by Gasteiger charge is 2.23. The van der Waals surface area contributed by atoms with Crippen molar-refractivity contribution in [2.24, 2.45) is 5.92 Å². The molecule has 3 heteroatoms. The lowest BCUT2D eigenvalue weighted by atomic mass is 10.1. The summed E-state index contributed by atoms with van der Waals surface area (Å²) in [5.74, 6) is 0.672. The largest absolute Gasteiger partial charge is 0.368 e. The molecule has 21 heavy (non-hydrogen) atoms. The van der Waals surface area contributed by atoms with E-state index in [9.17, 15) is 0 Å². The molecule has 0 saturated heterocycles. The lowest BCUT2D eigenvalue weighted by molar-refractivity contribution is 0.536. The second kappa shape index (κ2) is 8.05. The minimum atomic E-state index is 0.672. The monoisotopic (exact) mass is 308 g/mol. The van der Waals surface area contributed by atoms with Crippen LogP contribution in [-0.2, 0) is 6.54 Å². The van der Waals surface area contributed by atoms with Gasteiger partial charge in [-0.05, 0) is 43.0 Å². The summed E-state index contributed by atoms with van der Waals surface area (Å²) in [5.41, 5.74) is 2.49. The zero-order valence-electron chi connectivity index (χ0n) is 13.7. The quantitative estimate of drug-likeness (QED) is 0.774. The minimum absolute atomic E-state index is 0.672. The molecule has 2 rings (SSSR count). The molecule has 1 aliphatic rings. The third-order valence-corrected chi connectivity index (χ3v) is 4.61. The second-order valence-electron chi connectivity index (χ2n) is 6.54. The Morgan fingerprint density at radius 3 is 2.57 bits per heavy atom. The van der Waals surface area contributed by atoms with Gasteiger partial charge in [0.1, 0.15) is 0 Å². The van der Waals surface area contributed by atoms with Gasteiger partial charge in [0.05, 0.1) is 0 Å². The molecule has 118 valence electrons. The highest BCUT2D eigenvalue weighted by molar-refractivity contribution is 6.31. The number of nitrogens with one attached hydrogen (secondary N) is 1. The zero-order chi connectivity index (χ0) is 15.2. The summed E-state index contributed by atoms with van der Waals surface area (Å²) in [7, 11) is 0. The van der Waals surface area contributed by atoms with Crippen molar-refractivity contribution < 1.29 is 0 Å². The van der Waals surface area contributed by atoms with Crippen molar-refractivity contribution >= 4 is 17.3 Å². The molecule has 1 aromatic rings. The van der Waals surface area contributed by atoms with Gasteiger partial charge in [-0.15, -0.1) is 0 Å². The standard InChI is InChI=1S/C18H29ClN2/c1-4-20-12-15-9-10-17(11-18(15)19)21(13-14(2)3)16-7-5-6-8-16/h9-11,14,16,20H,4-8,12-13H2,1-3H3. The summed E-state index contributed by atoms with van der Waals surface area (Å²) >= 11 is 6.49. The molecular weight excluding hydrogens is 280 g/mol. The SMILES string of the molecule is CCNCc1ccc(N(CC(C)C)C2CCCC2)cc1Cl. The van der Waals surface area contributed by atoms with Crippen LogP contribution in [0.3, 0.4) is 0 Å². The van der Waals surface area contributed by atoms with Crippen molar-refractivity contribution in [3.63, 3.8) is 0 Å². The average Bonchev–Trinajstić information content (AvgIpc) is 2.97. The molecule has 0 amide bonds. The predicted octanol–water partition coefficient (Wildman–Crippen LogP) is 4.85. The molecule has 0 aromatic heterocycles. The number of hydrogen-bond acceptors (Lipinski definition) is 2. The van der Waals surface area contributed by atoms with Gasteiger partial charge in [-0.25, -0.2) is 0 Å². The first-order valence-electron chi connectivity index (χ1n) is 8.37. The Bertz CT molecular complexity index is 439. The molecule has 0 heterocycles. The van der Waals surface area contributed by atoms with E-state index in [-0.39, 0.29) is 0 Å². The Labute approximate surface area is 134 Å². The molecule has 0 atom stereocenters. The van der Waals surface area contributed by atoms with Crippen LogP contribution in [0.2, 0.25) is 5.02 Å². The minimum Gasteiger partial charge on any atom is -0.368 e. The average molecular weight is 309 g/mol. The number of benzene rings is 1. The van der Waals surface area contributed by atoms with E-state index in [1.165, 1.54) is 36.9 Å². The molecule has 0 spiro atoms. The van der Waals surface area contributed by atoms with Crippen molar-refractivity contribution in [3.8, 4) is 0 Å². The second-order valence-corrected chi connectivity index (χ2v) is 6.95. The van der Waals surface area contributed by atoms with E-state index in [4.69, 9.17) is 11.6 Å². The van der Waals surface area contributed by atoms with Crippen molar-refractivity contribution in [1.29, 1.82) is 0 Å². The van der Waals surface area contributed by atoms with E-state index in [2.05, 4.69) is 49.2 Å². The topological polar surface area (TPSA) is 15.3 Å². The van der Waals surface area contributed by atoms with Crippen molar-refractivity contribution in [3.05, 3.63) is 28.8 Å². The Hall–Kier alpha value is -0.730. The predicted molar refractivity (Wildman–Crippen MR) is 93.3 cm³/mol. The molecule has 1 aromatic carbocycles. The number of halogens is 1. The summed E-state index contributed by atoms with van der Waals surface area (Å²) < 4.78 is 0. The van der Waals surface area contributed by atoms with Gasteiger partial charge in [-0.2, -0.15) is 0 Å². The first-order chi connectivity index (χ1) is 10.1. The smallest absolute Gasteiger partial charge is 0.0471 e. The van der Waals surface area contributed by atoms with E-state index in [1.54, 1.807) is 0 Å². The third kappa shape index (κ3) is 4.62. The summed E-state index contributed by atoms with van der Waals surface area (Å²) in [6, 6.07) is 7.29. The van der Waals surface area contributed by atoms with Crippen LogP contribution in [0.5, 0.6) is 0 Å². The molecule has 1 saturated carbocycles. The first-order valence-corrected chi connectivity index (χ1v) is 8.75. The Balaban J connectivity index is 2.16. The van der Waals surface area contributed by atoms with Gasteiger partial charge in [-0.3, -0.25) is 0 Å². The van der Waals surface area contributed by atoms with Gasteiger partial charge < -0.3 is 10.2 Å². The van der Waals surface area contributed by atoms with E-state index in [1.807, 2.05) is 0 Å². The molecule has 0 radical (unpaired) electrons. The summed E-state index contributed by atoms with van der Waals surface area (Å²) in [6.45, 7) is 9.65. The van der Waals surface area contributed by atoms with Crippen molar-refractivity contribution in [1.82, 2.24) is 5.32 Å². The molecule has 0 aliphatic heterocycles. The first kappa shape index (κ1) is 16.6. The Kier molecular flexibility index (Phi) is 6.38. The van der Waals surface area contributed by atoms with Crippen molar-refractivity contribution in [2.45, 2.75) is 59.0 Å². The molecule has 1 N–H and O–H groups in total. The van der Waals surface area contributed by atoms with E-state index in [0.29, 0.717) is 12.0 Å². The maximum absolute atomic E-state index is 6.49. The normalized spacial score (nSPS) is 15.9. The molecule has 2 nitrogen and oxygen atoms in total. The van der Waals surface area contributed by atoms with Crippen LogP contribution >= 0.6 is 11.6 Å². The van der Waals surface area contributed by atoms with E-state index >= 15 is 0 Å². The molecular formula is C18H29ClN2. The molecule has 0 unspecified atom stereocenters. The molecule has 0 bridgehead atoms. The fourth-order valence-electron chi connectivity index (χ4n) is 3.19. The lowest BCUT2D eigenvalue weighted by Gasteiger charge is -2.33. The van der Waals surface area contributed by atoms with Crippen LogP contribution in [0.15, 0.2) is 18.2 Å². The maximum atomic E-state index is 6.49. The van der Waals surface area contributed by atoms with Gasteiger partial charge in [-0.1, -0.05) is 51.3 Å². The third-order valence-electron chi connectivity index (χ3n) is 4.26.